The van der Waals surface area contributed by atoms with Gasteiger partial charge in [-0.15, -0.1) is 5.10 Å². The van der Waals surface area contributed by atoms with Gasteiger partial charge in [-0.25, -0.2) is 0 Å². The van der Waals surface area contributed by atoms with Gasteiger partial charge in [-0.05, 0) is 57.0 Å². The Morgan fingerprint density at radius 2 is 1.86 bits per heavy atom. The van der Waals surface area contributed by atoms with Crippen molar-refractivity contribution < 1.29 is 18.3 Å². The van der Waals surface area contributed by atoms with Crippen LogP contribution < -0.4 is 0 Å². The molecule has 1 saturated heterocycles. The summed E-state index contributed by atoms with van der Waals surface area (Å²) in [5.41, 5.74) is 0.618. The van der Waals surface area contributed by atoms with E-state index in [9.17, 15) is 18.3 Å². The Hall–Kier alpha value is -2.67. The van der Waals surface area contributed by atoms with Crippen molar-refractivity contribution in [2.24, 2.45) is 5.92 Å². The molecule has 7 heteroatoms. The summed E-state index contributed by atoms with van der Waals surface area (Å²) >= 11 is 0. The van der Waals surface area contributed by atoms with E-state index < -0.39 is 17.5 Å². The molecule has 1 unspecified atom stereocenters. The Morgan fingerprint density at radius 1 is 1.10 bits per heavy atom. The molecule has 1 aliphatic heterocycles. The molecule has 0 spiro atoms. The smallest absolute Gasteiger partial charge is 0.416 e. The first-order valence-electron chi connectivity index (χ1n) is 9.66. The average molecular weight is 401 g/mol. The number of hydrogen-bond acceptors (Lipinski definition) is 4. The number of alkyl halides is 3. The van der Waals surface area contributed by atoms with Crippen LogP contribution in [0.4, 0.5) is 13.2 Å². The van der Waals surface area contributed by atoms with Crippen LogP contribution >= 0.6 is 0 Å². The molecule has 29 heavy (non-hydrogen) atoms. The summed E-state index contributed by atoms with van der Waals surface area (Å²) in [5, 5.41) is 20.7. The molecule has 0 aliphatic carbocycles. The lowest BCUT2D eigenvalue weighted by atomic mass is 9.91. The van der Waals surface area contributed by atoms with Gasteiger partial charge >= 0.3 is 6.18 Å². The minimum Gasteiger partial charge on any atom is -0.507 e. The maximum Gasteiger partial charge on any atom is 0.416 e. The third-order valence-electron chi connectivity index (χ3n) is 5.55. The van der Waals surface area contributed by atoms with Crippen molar-refractivity contribution >= 4 is 10.8 Å². The van der Waals surface area contributed by atoms with E-state index in [0.29, 0.717) is 11.6 Å². The molecule has 1 N–H and O–H groups in total. The fraction of sp³-hybridized carbons (Fsp3) is 0.364. The Balaban J connectivity index is 1.74. The highest BCUT2D eigenvalue weighted by Gasteiger charge is 2.31. The first-order chi connectivity index (χ1) is 13.8. The van der Waals surface area contributed by atoms with Crippen LogP contribution in [0.2, 0.25) is 0 Å². The zero-order valence-corrected chi connectivity index (χ0v) is 16.1. The number of aromatic hydroxyl groups is 1. The molecule has 1 fully saturated rings. The summed E-state index contributed by atoms with van der Waals surface area (Å²) in [6, 6.07) is 10.5. The zero-order valence-electron chi connectivity index (χ0n) is 16.1. The molecule has 0 saturated carbocycles. The minimum absolute atomic E-state index is 0.241. The number of nitrogens with zero attached hydrogens (tertiary/aromatic N) is 3. The van der Waals surface area contributed by atoms with Gasteiger partial charge in [0.15, 0.2) is 0 Å². The van der Waals surface area contributed by atoms with E-state index in [1.54, 1.807) is 0 Å². The van der Waals surface area contributed by atoms with Gasteiger partial charge in [0.2, 0.25) is 0 Å². The standard InChI is InChI=1S/C22H22F3N3O/c1-28-10-4-5-14(13-28)11-19-16-6-2-3-7-17(16)21(27-26-19)18-9-8-15(12-20(18)29)22(23,24)25/h2-3,6-9,12,14,29H,4-5,10-11,13H2,1H3. The van der Waals surface area contributed by atoms with Crippen LogP contribution in [0.3, 0.4) is 0 Å². The summed E-state index contributed by atoms with van der Waals surface area (Å²) in [5.74, 6) is 0.0395. The van der Waals surface area contributed by atoms with Gasteiger partial charge < -0.3 is 10.0 Å². The predicted octanol–water partition coefficient (Wildman–Crippen LogP) is 4.91. The van der Waals surface area contributed by atoms with Crippen molar-refractivity contribution in [2.75, 3.05) is 20.1 Å². The first kappa shape index (κ1) is 19.6. The van der Waals surface area contributed by atoms with Crippen LogP contribution in [0.15, 0.2) is 42.5 Å². The number of fused-ring (bicyclic) bond motifs is 1. The summed E-state index contributed by atoms with van der Waals surface area (Å²) in [7, 11) is 2.12. The quantitative estimate of drug-likeness (QED) is 0.678. The Labute approximate surface area is 167 Å². The topological polar surface area (TPSA) is 49.2 Å². The zero-order chi connectivity index (χ0) is 20.6. The van der Waals surface area contributed by atoms with E-state index >= 15 is 0 Å². The summed E-state index contributed by atoms with van der Waals surface area (Å²) in [6.07, 6.45) is -1.41. The Bertz CT molecular complexity index is 1040. The molecule has 1 atom stereocenters. The monoisotopic (exact) mass is 401 g/mol. The second-order valence-electron chi connectivity index (χ2n) is 7.75. The van der Waals surface area contributed by atoms with Gasteiger partial charge in [0, 0.05) is 22.9 Å². The highest BCUT2D eigenvalue weighted by atomic mass is 19.4. The molecular weight excluding hydrogens is 379 g/mol. The second kappa shape index (κ2) is 7.63. The maximum absolute atomic E-state index is 12.9. The highest BCUT2D eigenvalue weighted by molar-refractivity contribution is 5.96. The summed E-state index contributed by atoms with van der Waals surface area (Å²) in [6.45, 7) is 2.12. The van der Waals surface area contributed by atoms with Gasteiger partial charge in [0.05, 0.1) is 11.3 Å². The second-order valence-corrected chi connectivity index (χ2v) is 7.75. The molecule has 1 aliphatic rings. The third kappa shape index (κ3) is 4.05. The average Bonchev–Trinajstić information content (AvgIpc) is 2.68. The lowest BCUT2D eigenvalue weighted by Gasteiger charge is -2.29. The molecule has 1 aromatic heterocycles. The van der Waals surface area contributed by atoms with Gasteiger partial charge in [-0.2, -0.15) is 18.3 Å². The fourth-order valence-corrected chi connectivity index (χ4v) is 4.13. The molecule has 0 bridgehead atoms. The molecule has 3 aromatic rings. The Morgan fingerprint density at radius 3 is 2.55 bits per heavy atom. The molecule has 0 radical (unpaired) electrons. The number of halogens is 3. The summed E-state index contributed by atoms with van der Waals surface area (Å²) in [4.78, 5) is 2.32. The van der Waals surface area contributed by atoms with Crippen LogP contribution in [0, 0.1) is 5.92 Å². The lowest BCUT2D eigenvalue weighted by Crippen LogP contribution is -2.33. The van der Waals surface area contributed by atoms with E-state index in [0.717, 1.165) is 61.0 Å². The molecule has 0 amide bonds. The van der Waals surface area contributed by atoms with Crippen molar-refractivity contribution in [3.63, 3.8) is 0 Å². The molecule has 4 rings (SSSR count). The van der Waals surface area contributed by atoms with E-state index in [2.05, 4.69) is 22.1 Å². The van der Waals surface area contributed by atoms with Crippen LogP contribution in [-0.4, -0.2) is 40.3 Å². The molecule has 152 valence electrons. The number of aromatic nitrogens is 2. The van der Waals surface area contributed by atoms with E-state index in [4.69, 9.17) is 0 Å². The fourth-order valence-electron chi connectivity index (χ4n) is 4.13. The lowest BCUT2D eigenvalue weighted by molar-refractivity contribution is -0.137. The molecule has 2 heterocycles. The number of phenolic OH excluding ortho intramolecular Hbond substituents is 1. The van der Waals surface area contributed by atoms with Crippen molar-refractivity contribution in [1.29, 1.82) is 0 Å². The molecular formula is C22H22F3N3O. The van der Waals surface area contributed by atoms with Crippen molar-refractivity contribution in [2.45, 2.75) is 25.4 Å². The van der Waals surface area contributed by atoms with E-state index in [1.165, 1.54) is 6.07 Å². The van der Waals surface area contributed by atoms with Crippen LogP contribution in [0.1, 0.15) is 24.1 Å². The van der Waals surface area contributed by atoms with Crippen LogP contribution in [-0.2, 0) is 12.6 Å². The minimum atomic E-state index is -4.51. The van der Waals surface area contributed by atoms with Gasteiger partial charge in [0.25, 0.3) is 0 Å². The van der Waals surface area contributed by atoms with Crippen molar-refractivity contribution in [3.05, 3.63) is 53.7 Å². The number of likely N-dealkylation sites (tertiary alicyclic amines) is 1. The molecule has 4 nitrogen and oxygen atoms in total. The highest BCUT2D eigenvalue weighted by Crippen LogP contribution is 2.38. The first-order valence-corrected chi connectivity index (χ1v) is 9.66. The SMILES string of the molecule is CN1CCCC(Cc2nnc(-c3ccc(C(F)(F)F)cc3O)c3ccccc23)C1. The van der Waals surface area contributed by atoms with Crippen LogP contribution in [0.25, 0.3) is 22.0 Å². The number of phenols is 1. The van der Waals surface area contributed by atoms with E-state index in [-0.39, 0.29) is 5.56 Å². The van der Waals surface area contributed by atoms with Crippen LogP contribution in [0.5, 0.6) is 5.75 Å². The van der Waals surface area contributed by atoms with Crippen molar-refractivity contribution in [1.82, 2.24) is 15.1 Å². The van der Waals surface area contributed by atoms with Gasteiger partial charge in [-0.3, -0.25) is 0 Å². The van der Waals surface area contributed by atoms with Gasteiger partial charge in [-0.1, -0.05) is 24.3 Å². The number of hydrogen-bond donors (Lipinski definition) is 1. The third-order valence-corrected chi connectivity index (χ3v) is 5.55. The van der Waals surface area contributed by atoms with E-state index in [1.807, 2.05) is 24.3 Å². The Kier molecular flexibility index (Phi) is 5.17. The number of piperidine rings is 1. The van der Waals surface area contributed by atoms with Crippen molar-refractivity contribution in [3.8, 4) is 17.0 Å². The largest absolute Gasteiger partial charge is 0.507 e. The maximum atomic E-state index is 12.9. The number of benzene rings is 2. The molecule has 2 aromatic carbocycles. The normalized spacial score (nSPS) is 18.3. The predicted molar refractivity (Wildman–Crippen MR) is 106 cm³/mol. The number of rotatable bonds is 3. The van der Waals surface area contributed by atoms with Gasteiger partial charge in [0.1, 0.15) is 11.4 Å². The summed E-state index contributed by atoms with van der Waals surface area (Å²) < 4.78 is 38.7.